The van der Waals surface area contributed by atoms with Crippen molar-refractivity contribution in [1.82, 2.24) is 0 Å². The minimum atomic E-state index is -0.420. The molecule has 5 heteroatoms. The van der Waals surface area contributed by atoms with Crippen molar-refractivity contribution in [3.8, 4) is 17.2 Å². The highest BCUT2D eigenvalue weighted by atomic mass is 16.7. The van der Waals surface area contributed by atoms with Crippen molar-refractivity contribution in [1.29, 1.82) is 0 Å². The predicted octanol–water partition coefficient (Wildman–Crippen LogP) is 3.09. The monoisotopic (exact) mass is 370 g/mol. The molecular weight excluding hydrogens is 342 g/mol. The van der Waals surface area contributed by atoms with Crippen LogP contribution in [-0.2, 0) is 12.8 Å². The van der Waals surface area contributed by atoms with Crippen molar-refractivity contribution in [2.75, 3.05) is 34.5 Å². The Kier molecular flexibility index (Phi) is 4.74. The first-order chi connectivity index (χ1) is 13.0. The van der Waals surface area contributed by atoms with E-state index in [2.05, 4.69) is 32.3 Å². The molecule has 0 saturated carbocycles. The van der Waals surface area contributed by atoms with Crippen LogP contribution < -0.4 is 14.2 Å². The van der Waals surface area contributed by atoms with E-state index in [0.29, 0.717) is 18.6 Å². The molecule has 2 aliphatic heterocycles. The summed E-state index contributed by atoms with van der Waals surface area (Å²) in [4.78, 5) is 0. The van der Waals surface area contributed by atoms with E-state index < -0.39 is 6.10 Å². The molecule has 2 aromatic carbocycles. The molecule has 0 aliphatic carbocycles. The van der Waals surface area contributed by atoms with Crippen LogP contribution in [0.5, 0.6) is 17.2 Å². The number of aliphatic hydroxyl groups is 1. The highest BCUT2D eigenvalue weighted by Gasteiger charge is 2.42. The SMILES string of the molecule is COc1c2c(cc3c1[C@H](C[C@H](O)Cc1ccccc1)[N+](C)(C)CC3)OCO2. The Balaban J connectivity index is 1.68. The summed E-state index contributed by atoms with van der Waals surface area (Å²) < 4.78 is 17.9. The smallest absolute Gasteiger partial charge is 0.231 e. The molecule has 27 heavy (non-hydrogen) atoms. The zero-order valence-electron chi connectivity index (χ0n) is 16.3. The first-order valence-electron chi connectivity index (χ1n) is 9.53. The van der Waals surface area contributed by atoms with E-state index in [1.807, 2.05) is 18.2 Å². The number of hydrogen-bond acceptors (Lipinski definition) is 4. The van der Waals surface area contributed by atoms with Crippen LogP contribution in [0, 0.1) is 0 Å². The number of hydrogen-bond donors (Lipinski definition) is 1. The van der Waals surface area contributed by atoms with Crippen LogP contribution in [0.1, 0.15) is 29.2 Å². The summed E-state index contributed by atoms with van der Waals surface area (Å²) in [6, 6.07) is 12.4. The van der Waals surface area contributed by atoms with Crippen molar-refractivity contribution < 1.29 is 23.8 Å². The van der Waals surface area contributed by atoms with Gasteiger partial charge in [0.25, 0.3) is 0 Å². The fourth-order valence-electron chi connectivity index (χ4n) is 4.40. The van der Waals surface area contributed by atoms with Gasteiger partial charge in [-0.3, -0.25) is 0 Å². The average molecular weight is 370 g/mol. The van der Waals surface area contributed by atoms with Crippen LogP contribution >= 0.6 is 0 Å². The second kappa shape index (κ2) is 7.06. The van der Waals surface area contributed by atoms with Crippen molar-refractivity contribution in [2.24, 2.45) is 0 Å². The van der Waals surface area contributed by atoms with E-state index >= 15 is 0 Å². The maximum absolute atomic E-state index is 10.9. The highest BCUT2D eigenvalue weighted by molar-refractivity contribution is 5.61. The number of benzene rings is 2. The Morgan fingerprint density at radius 2 is 2.00 bits per heavy atom. The van der Waals surface area contributed by atoms with Gasteiger partial charge in [-0.05, 0) is 23.6 Å². The molecule has 0 radical (unpaired) electrons. The van der Waals surface area contributed by atoms with Crippen molar-refractivity contribution in [2.45, 2.75) is 31.4 Å². The molecule has 0 fully saturated rings. The van der Waals surface area contributed by atoms with Crippen LogP contribution in [0.15, 0.2) is 36.4 Å². The van der Waals surface area contributed by atoms with Crippen molar-refractivity contribution in [3.05, 3.63) is 53.1 Å². The van der Waals surface area contributed by atoms with Crippen LogP contribution in [-0.4, -0.2) is 50.2 Å². The van der Waals surface area contributed by atoms with Gasteiger partial charge in [0.2, 0.25) is 12.5 Å². The first-order valence-corrected chi connectivity index (χ1v) is 9.53. The number of fused-ring (bicyclic) bond motifs is 2. The summed E-state index contributed by atoms with van der Waals surface area (Å²) in [6.45, 7) is 1.24. The molecule has 144 valence electrons. The summed E-state index contributed by atoms with van der Waals surface area (Å²) in [7, 11) is 6.14. The van der Waals surface area contributed by atoms with Crippen LogP contribution in [0.4, 0.5) is 0 Å². The van der Waals surface area contributed by atoms with E-state index in [1.54, 1.807) is 7.11 Å². The van der Waals surface area contributed by atoms with Gasteiger partial charge < -0.3 is 23.8 Å². The molecule has 5 nitrogen and oxygen atoms in total. The van der Waals surface area contributed by atoms with Gasteiger partial charge in [-0.2, -0.15) is 0 Å². The lowest BCUT2D eigenvalue weighted by atomic mass is 9.85. The zero-order valence-corrected chi connectivity index (χ0v) is 16.3. The molecule has 0 spiro atoms. The topological polar surface area (TPSA) is 47.9 Å². The molecule has 0 aromatic heterocycles. The number of nitrogens with zero attached hydrogens (tertiary/aromatic N) is 1. The number of rotatable bonds is 5. The van der Waals surface area contributed by atoms with Gasteiger partial charge in [0, 0.05) is 12.8 Å². The van der Waals surface area contributed by atoms with Crippen LogP contribution in [0.25, 0.3) is 0 Å². The average Bonchev–Trinajstić information content (AvgIpc) is 3.11. The lowest BCUT2D eigenvalue weighted by molar-refractivity contribution is -0.924. The van der Waals surface area contributed by atoms with E-state index in [-0.39, 0.29) is 12.8 Å². The lowest BCUT2D eigenvalue weighted by Crippen LogP contribution is -2.49. The van der Waals surface area contributed by atoms with E-state index in [0.717, 1.165) is 40.1 Å². The molecule has 0 unspecified atom stereocenters. The third-order valence-corrected chi connectivity index (χ3v) is 5.89. The minimum absolute atomic E-state index is 0.136. The highest BCUT2D eigenvalue weighted by Crippen LogP contribution is 2.51. The van der Waals surface area contributed by atoms with Gasteiger partial charge >= 0.3 is 0 Å². The second-order valence-electron chi connectivity index (χ2n) is 8.06. The van der Waals surface area contributed by atoms with Crippen molar-refractivity contribution in [3.63, 3.8) is 0 Å². The molecule has 2 aliphatic rings. The van der Waals surface area contributed by atoms with E-state index in [1.165, 1.54) is 5.56 Å². The molecule has 2 heterocycles. The summed E-state index contributed by atoms with van der Waals surface area (Å²) in [6.07, 6.45) is 1.86. The molecule has 0 saturated heterocycles. The summed E-state index contributed by atoms with van der Waals surface area (Å²) in [5.74, 6) is 2.23. The maximum atomic E-state index is 10.9. The fraction of sp³-hybridized carbons (Fsp3) is 0.455. The standard InChI is InChI=1S/C22H28NO4/c1-23(2)10-9-16-12-19-21(27-14-26-19)22(25-3)20(16)18(23)13-17(24)11-15-7-5-4-6-8-15/h4-8,12,17-18,24H,9-11,13-14H2,1-3H3/q+1/t17-,18+/m1/s1. The Hall–Kier alpha value is -2.24. The summed E-state index contributed by atoms with van der Waals surface area (Å²) in [5, 5.41) is 10.9. The Labute approximate surface area is 160 Å². The second-order valence-corrected chi connectivity index (χ2v) is 8.06. The number of likely N-dealkylation sites (N-methyl/N-ethyl adjacent to an activating group) is 1. The lowest BCUT2D eigenvalue weighted by Gasteiger charge is -2.44. The molecule has 0 amide bonds. The summed E-state index contributed by atoms with van der Waals surface area (Å²) in [5.41, 5.74) is 3.56. The van der Waals surface area contributed by atoms with Gasteiger partial charge in [0.15, 0.2) is 11.5 Å². The van der Waals surface area contributed by atoms with Gasteiger partial charge in [-0.1, -0.05) is 30.3 Å². The Bertz CT molecular complexity index is 819. The van der Waals surface area contributed by atoms with Crippen LogP contribution in [0.2, 0.25) is 0 Å². The number of methoxy groups -OCH3 is 1. The van der Waals surface area contributed by atoms with Gasteiger partial charge in [-0.25, -0.2) is 0 Å². The maximum Gasteiger partial charge on any atom is 0.231 e. The van der Waals surface area contributed by atoms with Gasteiger partial charge in [0.05, 0.1) is 39.4 Å². The van der Waals surface area contributed by atoms with Crippen molar-refractivity contribution >= 4 is 0 Å². The molecule has 2 atom stereocenters. The quantitative estimate of drug-likeness (QED) is 0.822. The minimum Gasteiger partial charge on any atom is -0.492 e. The third kappa shape index (κ3) is 3.37. The normalized spacial score (nSPS) is 20.8. The molecule has 2 aromatic rings. The zero-order chi connectivity index (χ0) is 19.0. The molecule has 1 N–H and O–H groups in total. The van der Waals surface area contributed by atoms with E-state index in [9.17, 15) is 5.11 Å². The predicted molar refractivity (Wildman–Crippen MR) is 103 cm³/mol. The first kappa shape index (κ1) is 18.1. The third-order valence-electron chi connectivity index (χ3n) is 5.89. The number of quaternary nitrogens is 1. The summed E-state index contributed by atoms with van der Waals surface area (Å²) >= 11 is 0. The van der Waals surface area contributed by atoms with Crippen LogP contribution in [0.3, 0.4) is 0 Å². The van der Waals surface area contributed by atoms with E-state index in [4.69, 9.17) is 14.2 Å². The fourth-order valence-corrected chi connectivity index (χ4v) is 4.40. The molecule has 0 bridgehead atoms. The number of aliphatic hydroxyl groups excluding tert-OH is 1. The Morgan fingerprint density at radius 3 is 2.74 bits per heavy atom. The largest absolute Gasteiger partial charge is 0.492 e. The van der Waals surface area contributed by atoms with Gasteiger partial charge in [-0.15, -0.1) is 0 Å². The van der Waals surface area contributed by atoms with Gasteiger partial charge in [0.1, 0.15) is 6.04 Å². The molecule has 4 rings (SSSR count). The number of ether oxygens (including phenoxy) is 3. The Morgan fingerprint density at radius 1 is 1.22 bits per heavy atom. The molecular formula is C22H28NO4+.